The maximum Gasteiger partial charge on any atom is 0.262 e. The molecule has 0 bridgehead atoms. The molecule has 8 heteroatoms. The summed E-state index contributed by atoms with van der Waals surface area (Å²) in [6.45, 7) is 1.41. The first-order valence-corrected chi connectivity index (χ1v) is 15.9. The van der Waals surface area contributed by atoms with E-state index in [-0.39, 0.29) is 35.1 Å². The van der Waals surface area contributed by atoms with Crippen molar-refractivity contribution in [1.82, 2.24) is 19.8 Å². The van der Waals surface area contributed by atoms with E-state index < -0.39 is 0 Å². The number of likely N-dealkylation sites (tertiary alicyclic amines) is 1. The number of para-hydroxylation sites is 1. The standard InChI is InChI=1S/C36H34N4O3S/c41-32(25-44-36-37-31-19-11-10-18-30(31)35(43)40(36)24-26-12-4-1-5-13-26)39-22-20-29(21-23-39)34(42)38-33(27-14-6-2-7-15-27)28-16-8-3-9-17-28/h1-19,29,33H,20-25H2,(H,38,42). The lowest BCUT2D eigenvalue weighted by Gasteiger charge is -2.32. The number of piperidine rings is 1. The van der Waals surface area contributed by atoms with Gasteiger partial charge in [-0.2, -0.15) is 0 Å². The van der Waals surface area contributed by atoms with Crippen molar-refractivity contribution in [2.24, 2.45) is 5.92 Å². The number of nitrogens with zero attached hydrogens (tertiary/aromatic N) is 3. The predicted octanol–water partition coefficient (Wildman–Crippen LogP) is 5.68. The number of carbonyl (C=O) groups excluding carboxylic acids is 2. The minimum absolute atomic E-state index is 0.00877. The molecule has 1 fully saturated rings. The van der Waals surface area contributed by atoms with Crippen LogP contribution >= 0.6 is 11.8 Å². The highest BCUT2D eigenvalue weighted by Gasteiger charge is 2.29. The van der Waals surface area contributed by atoms with Crippen LogP contribution in [0.4, 0.5) is 0 Å². The fourth-order valence-corrected chi connectivity index (χ4v) is 6.58. The Kier molecular flexibility index (Phi) is 9.17. The fraction of sp³-hybridized carbons (Fsp3) is 0.222. The van der Waals surface area contributed by atoms with Gasteiger partial charge in [0.05, 0.1) is 29.2 Å². The summed E-state index contributed by atoms with van der Waals surface area (Å²) in [6.07, 6.45) is 1.21. The lowest BCUT2D eigenvalue weighted by Crippen LogP contribution is -2.44. The molecule has 1 saturated heterocycles. The zero-order valence-corrected chi connectivity index (χ0v) is 25.2. The highest BCUT2D eigenvalue weighted by Crippen LogP contribution is 2.26. The highest BCUT2D eigenvalue weighted by atomic mass is 32.2. The number of amides is 2. The first-order chi connectivity index (χ1) is 21.6. The van der Waals surface area contributed by atoms with Gasteiger partial charge >= 0.3 is 0 Å². The van der Waals surface area contributed by atoms with Gasteiger partial charge in [0, 0.05) is 19.0 Å². The van der Waals surface area contributed by atoms with Crippen LogP contribution < -0.4 is 10.9 Å². The molecule has 1 aliphatic heterocycles. The molecule has 1 N–H and O–H groups in total. The quantitative estimate of drug-likeness (QED) is 0.173. The van der Waals surface area contributed by atoms with Gasteiger partial charge in [-0.15, -0.1) is 0 Å². The number of nitrogens with one attached hydrogen (secondary N) is 1. The third-order valence-corrected chi connectivity index (χ3v) is 9.07. The van der Waals surface area contributed by atoms with E-state index in [1.54, 1.807) is 10.6 Å². The average molecular weight is 603 g/mol. The van der Waals surface area contributed by atoms with E-state index in [1.165, 1.54) is 11.8 Å². The van der Waals surface area contributed by atoms with Crippen LogP contribution in [0.15, 0.2) is 125 Å². The normalized spacial score (nSPS) is 13.7. The molecule has 7 nitrogen and oxygen atoms in total. The van der Waals surface area contributed by atoms with Gasteiger partial charge in [-0.3, -0.25) is 19.0 Å². The maximum atomic E-state index is 13.4. The van der Waals surface area contributed by atoms with Crippen molar-refractivity contribution in [3.05, 3.63) is 142 Å². The SMILES string of the molecule is O=C(NC(c1ccccc1)c1ccccc1)C1CCN(C(=O)CSc2nc3ccccc3c(=O)n2Cc2ccccc2)CC1. The fourth-order valence-electron chi connectivity index (χ4n) is 5.68. The van der Waals surface area contributed by atoms with Crippen molar-refractivity contribution in [1.29, 1.82) is 0 Å². The zero-order chi connectivity index (χ0) is 30.3. The molecule has 0 atom stereocenters. The molecule has 4 aromatic carbocycles. The first-order valence-electron chi connectivity index (χ1n) is 14.9. The lowest BCUT2D eigenvalue weighted by molar-refractivity contribution is -0.133. The molecule has 2 amide bonds. The second-order valence-electron chi connectivity index (χ2n) is 11.0. The molecule has 2 heterocycles. The van der Waals surface area contributed by atoms with Crippen LogP contribution in [0.2, 0.25) is 0 Å². The third kappa shape index (κ3) is 6.76. The van der Waals surface area contributed by atoms with E-state index in [0.717, 1.165) is 16.7 Å². The number of thioether (sulfide) groups is 1. The van der Waals surface area contributed by atoms with Crippen LogP contribution in [0.5, 0.6) is 0 Å². The summed E-state index contributed by atoms with van der Waals surface area (Å²) in [4.78, 5) is 46.7. The van der Waals surface area contributed by atoms with Crippen molar-refractivity contribution in [2.45, 2.75) is 30.6 Å². The number of rotatable bonds is 9. The van der Waals surface area contributed by atoms with Crippen molar-refractivity contribution < 1.29 is 9.59 Å². The first kappa shape index (κ1) is 29.4. The Hall–Kier alpha value is -4.69. The monoisotopic (exact) mass is 602 g/mol. The summed E-state index contributed by atoms with van der Waals surface area (Å²) in [6, 6.07) is 36.8. The Bertz CT molecular complexity index is 1750. The maximum absolute atomic E-state index is 13.4. The van der Waals surface area contributed by atoms with Gasteiger partial charge < -0.3 is 10.2 Å². The number of carbonyl (C=O) groups is 2. The summed E-state index contributed by atoms with van der Waals surface area (Å²) in [7, 11) is 0. The number of aromatic nitrogens is 2. The summed E-state index contributed by atoms with van der Waals surface area (Å²) in [5.41, 5.74) is 3.55. The van der Waals surface area contributed by atoms with Gasteiger partial charge in [0.25, 0.3) is 5.56 Å². The molecule has 5 aromatic rings. The lowest BCUT2D eigenvalue weighted by atomic mass is 9.93. The van der Waals surface area contributed by atoms with Gasteiger partial charge in [-0.25, -0.2) is 4.98 Å². The van der Waals surface area contributed by atoms with Crippen LogP contribution in [0.3, 0.4) is 0 Å². The second kappa shape index (κ2) is 13.7. The molecule has 0 unspecified atom stereocenters. The predicted molar refractivity (Wildman–Crippen MR) is 174 cm³/mol. The Morgan fingerprint density at radius 1 is 0.795 bits per heavy atom. The van der Waals surface area contributed by atoms with Crippen molar-refractivity contribution >= 4 is 34.5 Å². The molecule has 6 rings (SSSR count). The number of fused-ring (bicyclic) bond motifs is 1. The number of hydrogen-bond donors (Lipinski definition) is 1. The Morgan fingerprint density at radius 3 is 2.00 bits per heavy atom. The van der Waals surface area contributed by atoms with Crippen LogP contribution in [0.25, 0.3) is 10.9 Å². The van der Waals surface area contributed by atoms with Gasteiger partial charge in [0.2, 0.25) is 11.8 Å². The molecule has 0 aliphatic carbocycles. The molecule has 222 valence electrons. The second-order valence-corrected chi connectivity index (χ2v) is 11.9. The minimum Gasteiger partial charge on any atom is -0.345 e. The molecule has 1 aromatic heterocycles. The molecule has 0 radical (unpaired) electrons. The summed E-state index contributed by atoms with van der Waals surface area (Å²) in [5, 5.41) is 4.35. The van der Waals surface area contributed by atoms with Crippen LogP contribution in [-0.4, -0.2) is 45.1 Å². The molecule has 0 saturated carbocycles. The summed E-state index contributed by atoms with van der Waals surface area (Å²) >= 11 is 1.29. The third-order valence-electron chi connectivity index (χ3n) is 8.11. The highest BCUT2D eigenvalue weighted by molar-refractivity contribution is 7.99. The molecule has 1 aliphatic rings. The Balaban J connectivity index is 1.10. The van der Waals surface area contributed by atoms with E-state index in [9.17, 15) is 14.4 Å². The number of hydrogen-bond acceptors (Lipinski definition) is 5. The van der Waals surface area contributed by atoms with E-state index in [0.29, 0.717) is 48.5 Å². The van der Waals surface area contributed by atoms with Crippen LogP contribution in [0, 0.1) is 5.92 Å². The average Bonchev–Trinajstić information content (AvgIpc) is 3.08. The Morgan fingerprint density at radius 2 is 1.36 bits per heavy atom. The van der Waals surface area contributed by atoms with Crippen molar-refractivity contribution in [2.75, 3.05) is 18.8 Å². The van der Waals surface area contributed by atoms with Gasteiger partial charge in [0.15, 0.2) is 5.16 Å². The topological polar surface area (TPSA) is 84.3 Å². The van der Waals surface area contributed by atoms with Crippen LogP contribution in [0.1, 0.15) is 35.6 Å². The molecular weight excluding hydrogens is 568 g/mol. The van der Waals surface area contributed by atoms with Gasteiger partial charge in [-0.05, 0) is 41.7 Å². The zero-order valence-electron chi connectivity index (χ0n) is 24.3. The summed E-state index contributed by atoms with van der Waals surface area (Å²) in [5.74, 6) is -0.0103. The van der Waals surface area contributed by atoms with E-state index in [1.807, 2.05) is 114 Å². The van der Waals surface area contributed by atoms with E-state index >= 15 is 0 Å². The van der Waals surface area contributed by atoms with Crippen molar-refractivity contribution in [3.8, 4) is 0 Å². The largest absolute Gasteiger partial charge is 0.345 e. The summed E-state index contributed by atoms with van der Waals surface area (Å²) < 4.78 is 1.65. The van der Waals surface area contributed by atoms with Gasteiger partial charge in [-0.1, -0.05) is 115 Å². The number of benzene rings is 4. The van der Waals surface area contributed by atoms with Crippen molar-refractivity contribution in [3.63, 3.8) is 0 Å². The molecule has 0 spiro atoms. The molecular formula is C36H34N4O3S. The van der Waals surface area contributed by atoms with Gasteiger partial charge in [0.1, 0.15) is 0 Å². The Labute approximate surface area is 260 Å². The smallest absolute Gasteiger partial charge is 0.262 e. The minimum atomic E-state index is -0.232. The van der Waals surface area contributed by atoms with E-state index in [2.05, 4.69) is 5.32 Å². The van der Waals surface area contributed by atoms with Crippen LogP contribution in [-0.2, 0) is 16.1 Å². The molecule has 44 heavy (non-hydrogen) atoms. The van der Waals surface area contributed by atoms with E-state index in [4.69, 9.17) is 4.98 Å².